The van der Waals surface area contributed by atoms with Gasteiger partial charge in [0.05, 0.1) is 12.2 Å². The van der Waals surface area contributed by atoms with E-state index in [1.54, 1.807) is 6.92 Å². The van der Waals surface area contributed by atoms with Crippen LogP contribution in [0.15, 0.2) is 24.3 Å². The van der Waals surface area contributed by atoms with Crippen LogP contribution < -0.4 is 15.4 Å². The predicted octanol–water partition coefficient (Wildman–Crippen LogP) is 4.61. The highest BCUT2D eigenvalue weighted by molar-refractivity contribution is 6.03. The molecule has 2 aromatic rings. The first kappa shape index (κ1) is 21.8. The normalized spacial score (nSPS) is 16.1. The van der Waals surface area contributed by atoms with Gasteiger partial charge in [-0.3, -0.25) is 4.79 Å². The number of nitrogens with one attached hydrogen (secondary N) is 2. The molecule has 0 saturated carbocycles. The molecule has 0 spiro atoms. The first-order valence-corrected chi connectivity index (χ1v) is 10.3. The van der Waals surface area contributed by atoms with Gasteiger partial charge in [-0.1, -0.05) is 38.1 Å². The Labute approximate surface area is 177 Å². The third-order valence-electron chi connectivity index (χ3n) is 5.68. The van der Waals surface area contributed by atoms with E-state index in [-0.39, 0.29) is 11.7 Å². The first-order chi connectivity index (χ1) is 14.1. The summed E-state index contributed by atoms with van der Waals surface area (Å²) in [5.74, 6) is 0.916. The molecule has 2 atom stereocenters. The highest BCUT2D eigenvalue weighted by Gasteiger charge is 2.34. The SMILES string of the molecule is CC(=O)c1c(C)c(NC(=O)NC(C)O)c(C)c2c1OCC2c1ccc(C(C)C)cc1. The number of aliphatic hydroxyl groups is 1. The molecule has 0 saturated heterocycles. The zero-order valence-electron chi connectivity index (χ0n) is 18.4. The van der Waals surface area contributed by atoms with Crippen LogP contribution in [0.5, 0.6) is 5.75 Å². The topological polar surface area (TPSA) is 87.7 Å². The minimum Gasteiger partial charge on any atom is -0.491 e. The van der Waals surface area contributed by atoms with E-state index >= 15 is 0 Å². The maximum Gasteiger partial charge on any atom is 0.321 e. The molecule has 1 heterocycles. The van der Waals surface area contributed by atoms with Crippen molar-refractivity contribution in [3.63, 3.8) is 0 Å². The average molecular weight is 411 g/mol. The van der Waals surface area contributed by atoms with Crippen LogP contribution in [0.25, 0.3) is 0 Å². The number of Topliss-reactive ketones (excluding diaryl/α,β-unsaturated/α-hetero) is 1. The van der Waals surface area contributed by atoms with Gasteiger partial charge in [0.15, 0.2) is 5.78 Å². The van der Waals surface area contributed by atoms with Crippen LogP contribution in [0, 0.1) is 13.8 Å². The van der Waals surface area contributed by atoms with Crippen LogP contribution in [0.1, 0.15) is 77.7 Å². The number of anilines is 1. The standard InChI is InChI=1S/C24H30N2O4/c1-12(2)17-7-9-18(10-8-17)19-11-30-23-20(15(5)27)13(3)22(14(4)21(19)23)26-24(29)25-16(6)28/h7-10,12,16,19,28H,11H2,1-6H3,(H2,25,26,29). The molecular formula is C24H30N2O4. The van der Waals surface area contributed by atoms with Crippen LogP contribution in [0.3, 0.4) is 0 Å². The number of ether oxygens (including phenoxy) is 1. The fourth-order valence-electron chi connectivity index (χ4n) is 4.16. The molecule has 160 valence electrons. The van der Waals surface area contributed by atoms with Gasteiger partial charge >= 0.3 is 6.03 Å². The number of carbonyl (C=O) groups is 2. The molecule has 1 aliphatic heterocycles. The molecule has 2 amide bonds. The Morgan fingerprint density at radius 3 is 2.27 bits per heavy atom. The summed E-state index contributed by atoms with van der Waals surface area (Å²) < 4.78 is 6.03. The van der Waals surface area contributed by atoms with Gasteiger partial charge in [0, 0.05) is 17.2 Å². The molecule has 30 heavy (non-hydrogen) atoms. The van der Waals surface area contributed by atoms with E-state index in [9.17, 15) is 14.7 Å². The first-order valence-electron chi connectivity index (χ1n) is 10.3. The Morgan fingerprint density at radius 2 is 1.73 bits per heavy atom. The van der Waals surface area contributed by atoms with Crippen molar-refractivity contribution in [3.05, 3.63) is 57.6 Å². The summed E-state index contributed by atoms with van der Waals surface area (Å²) in [6.07, 6.45) is -0.983. The third kappa shape index (κ3) is 4.05. The van der Waals surface area contributed by atoms with Crippen molar-refractivity contribution >= 4 is 17.5 Å². The summed E-state index contributed by atoms with van der Waals surface area (Å²) in [5, 5.41) is 14.7. The molecule has 3 N–H and O–H groups in total. The summed E-state index contributed by atoms with van der Waals surface area (Å²) >= 11 is 0. The smallest absolute Gasteiger partial charge is 0.321 e. The molecule has 6 nitrogen and oxygen atoms in total. The van der Waals surface area contributed by atoms with E-state index in [1.807, 2.05) is 6.92 Å². The van der Waals surface area contributed by atoms with Gasteiger partial charge in [-0.2, -0.15) is 0 Å². The second-order valence-corrected chi connectivity index (χ2v) is 8.26. The molecule has 0 aromatic heterocycles. The van der Waals surface area contributed by atoms with Crippen molar-refractivity contribution in [1.82, 2.24) is 5.32 Å². The third-order valence-corrected chi connectivity index (χ3v) is 5.68. The number of hydrogen-bond donors (Lipinski definition) is 3. The molecule has 0 bridgehead atoms. The molecule has 1 aliphatic rings. The van der Waals surface area contributed by atoms with Crippen LogP contribution in [-0.2, 0) is 0 Å². The Kier molecular flexibility index (Phi) is 6.17. The lowest BCUT2D eigenvalue weighted by molar-refractivity contribution is 0.101. The van der Waals surface area contributed by atoms with Crippen LogP contribution >= 0.6 is 0 Å². The van der Waals surface area contributed by atoms with Gasteiger partial charge < -0.3 is 20.5 Å². The van der Waals surface area contributed by atoms with E-state index in [0.717, 1.165) is 16.7 Å². The number of urea groups is 1. The quantitative estimate of drug-likeness (QED) is 0.496. The minimum atomic E-state index is -0.983. The summed E-state index contributed by atoms with van der Waals surface area (Å²) in [7, 11) is 0. The maximum atomic E-state index is 12.5. The number of rotatable bonds is 5. The van der Waals surface area contributed by atoms with Crippen molar-refractivity contribution < 1.29 is 19.4 Å². The van der Waals surface area contributed by atoms with E-state index in [2.05, 4.69) is 48.7 Å². The number of aliphatic hydroxyl groups excluding tert-OH is 1. The molecule has 0 aliphatic carbocycles. The Morgan fingerprint density at radius 1 is 1.10 bits per heavy atom. The molecule has 3 rings (SSSR count). The highest BCUT2D eigenvalue weighted by Crippen LogP contribution is 2.47. The van der Waals surface area contributed by atoms with Crippen molar-refractivity contribution in [2.45, 2.75) is 59.6 Å². The van der Waals surface area contributed by atoms with Crippen molar-refractivity contribution in [2.24, 2.45) is 0 Å². The highest BCUT2D eigenvalue weighted by atomic mass is 16.5. The molecule has 0 radical (unpaired) electrons. The second-order valence-electron chi connectivity index (χ2n) is 8.26. The lowest BCUT2D eigenvalue weighted by Gasteiger charge is -2.21. The largest absolute Gasteiger partial charge is 0.491 e. The second kappa shape index (κ2) is 8.48. The van der Waals surface area contributed by atoms with Gasteiger partial charge in [0.1, 0.15) is 12.0 Å². The fourth-order valence-corrected chi connectivity index (χ4v) is 4.16. The molecule has 0 fully saturated rings. The van der Waals surface area contributed by atoms with Crippen molar-refractivity contribution in [1.29, 1.82) is 0 Å². The van der Waals surface area contributed by atoms with Gasteiger partial charge in [-0.05, 0) is 55.9 Å². The monoisotopic (exact) mass is 410 g/mol. The Hall–Kier alpha value is -2.86. The van der Waals surface area contributed by atoms with Crippen LogP contribution in [0.2, 0.25) is 0 Å². The van der Waals surface area contributed by atoms with Gasteiger partial charge in [-0.25, -0.2) is 4.79 Å². The fraction of sp³-hybridized carbons (Fsp3) is 0.417. The predicted molar refractivity (Wildman–Crippen MR) is 118 cm³/mol. The molecule has 6 heteroatoms. The zero-order valence-corrected chi connectivity index (χ0v) is 18.4. The number of fused-ring (bicyclic) bond motifs is 1. The average Bonchev–Trinajstić information content (AvgIpc) is 3.09. The lowest BCUT2D eigenvalue weighted by Crippen LogP contribution is -2.36. The van der Waals surface area contributed by atoms with Crippen LogP contribution in [0.4, 0.5) is 10.5 Å². The summed E-state index contributed by atoms with van der Waals surface area (Å²) in [6, 6.07) is 7.95. The number of carbonyl (C=O) groups excluding carboxylic acids is 2. The zero-order chi connectivity index (χ0) is 22.2. The molecule has 2 aromatic carbocycles. The van der Waals surface area contributed by atoms with Gasteiger partial charge in [0.25, 0.3) is 0 Å². The van der Waals surface area contributed by atoms with Gasteiger partial charge in [-0.15, -0.1) is 0 Å². The Bertz CT molecular complexity index is 978. The molecule has 2 unspecified atom stereocenters. The summed E-state index contributed by atoms with van der Waals surface area (Å²) in [6.45, 7) is 11.5. The van der Waals surface area contributed by atoms with E-state index < -0.39 is 12.3 Å². The van der Waals surface area contributed by atoms with E-state index in [4.69, 9.17) is 4.74 Å². The number of ketones is 1. The number of hydrogen-bond acceptors (Lipinski definition) is 4. The lowest BCUT2D eigenvalue weighted by atomic mass is 9.85. The number of benzene rings is 2. The van der Waals surface area contributed by atoms with E-state index in [1.165, 1.54) is 19.4 Å². The summed E-state index contributed by atoms with van der Waals surface area (Å²) in [5.41, 5.74) is 5.89. The maximum absolute atomic E-state index is 12.5. The molecular weight excluding hydrogens is 380 g/mol. The minimum absolute atomic E-state index is 0.0275. The van der Waals surface area contributed by atoms with Crippen molar-refractivity contribution in [3.8, 4) is 5.75 Å². The number of amides is 2. The Balaban J connectivity index is 2.11. The summed E-state index contributed by atoms with van der Waals surface area (Å²) in [4.78, 5) is 24.7. The van der Waals surface area contributed by atoms with Crippen LogP contribution in [-0.4, -0.2) is 29.8 Å². The van der Waals surface area contributed by atoms with Gasteiger partial charge in [0.2, 0.25) is 0 Å². The van der Waals surface area contributed by atoms with Crippen molar-refractivity contribution in [2.75, 3.05) is 11.9 Å². The van der Waals surface area contributed by atoms with E-state index in [0.29, 0.717) is 35.1 Å².